The van der Waals surface area contributed by atoms with Crippen molar-refractivity contribution in [2.75, 3.05) is 13.1 Å². The van der Waals surface area contributed by atoms with Gasteiger partial charge in [-0.2, -0.15) is 9.29 Å². The predicted octanol–water partition coefficient (Wildman–Crippen LogP) is 1.91. The monoisotopic (exact) mass is 419 g/mol. The first-order chi connectivity index (χ1) is 13.6. The molecule has 1 aliphatic rings. The number of hydrogen-bond donors (Lipinski definition) is 1. The number of nitrogens with one attached hydrogen (secondary N) is 1. The van der Waals surface area contributed by atoms with Crippen LogP contribution in [-0.2, 0) is 16.6 Å². The third-order valence-electron chi connectivity index (χ3n) is 4.28. The summed E-state index contributed by atoms with van der Waals surface area (Å²) in [6.45, 7) is 0.953. The molecule has 1 N–H and O–H groups in total. The van der Waals surface area contributed by atoms with Gasteiger partial charge in [0.15, 0.2) is 0 Å². The van der Waals surface area contributed by atoms with Gasteiger partial charge in [0.25, 0.3) is 5.91 Å². The molecular formula is C17H17N5O4S2. The van der Waals surface area contributed by atoms with Crippen molar-refractivity contribution >= 4 is 27.3 Å². The van der Waals surface area contributed by atoms with E-state index in [4.69, 9.17) is 4.52 Å². The quantitative estimate of drug-likeness (QED) is 0.648. The smallest absolute Gasteiger partial charge is 0.263 e. The zero-order chi connectivity index (χ0) is 19.6. The van der Waals surface area contributed by atoms with Crippen LogP contribution in [0, 0.1) is 0 Å². The van der Waals surface area contributed by atoms with Crippen molar-refractivity contribution in [3.63, 3.8) is 0 Å². The lowest BCUT2D eigenvalue weighted by molar-refractivity contribution is 0.0947. The highest BCUT2D eigenvalue weighted by atomic mass is 32.2. The van der Waals surface area contributed by atoms with Crippen LogP contribution in [0.5, 0.6) is 0 Å². The number of rotatable bonds is 6. The maximum atomic E-state index is 12.8. The van der Waals surface area contributed by atoms with Gasteiger partial charge in [-0.05, 0) is 36.4 Å². The summed E-state index contributed by atoms with van der Waals surface area (Å²) in [6, 6.07) is 6.80. The Bertz CT molecular complexity index is 1070. The number of sulfonamides is 1. The molecule has 0 unspecified atom stereocenters. The van der Waals surface area contributed by atoms with Crippen molar-refractivity contribution in [2.45, 2.75) is 24.3 Å². The zero-order valence-corrected chi connectivity index (χ0v) is 16.4. The van der Waals surface area contributed by atoms with Crippen LogP contribution in [0.3, 0.4) is 0 Å². The summed E-state index contributed by atoms with van der Waals surface area (Å²) in [4.78, 5) is 21.1. The van der Waals surface area contributed by atoms with Gasteiger partial charge in [0.2, 0.25) is 21.7 Å². The van der Waals surface area contributed by atoms with Crippen LogP contribution in [0.1, 0.15) is 28.4 Å². The highest BCUT2D eigenvalue weighted by molar-refractivity contribution is 7.89. The minimum absolute atomic E-state index is 0.0141. The van der Waals surface area contributed by atoms with Gasteiger partial charge in [-0.3, -0.25) is 9.78 Å². The van der Waals surface area contributed by atoms with Gasteiger partial charge >= 0.3 is 0 Å². The number of pyridine rings is 1. The van der Waals surface area contributed by atoms with Crippen molar-refractivity contribution < 1.29 is 17.7 Å². The number of nitrogens with zero attached hydrogens (tertiary/aromatic N) is 4. The fraction of sp³-hybridized carbons (Fsp3) is 0.294. The Balaban J connectivity index is 1.46. The average Bonchev–Trinajstić information content (AvgIpc) is 3.48. The van der Waals surface area contributed by atoms with Crippen molar-refractivity contribution in [3.05, 3.63) is 46.6 Å². The number of carbonyl (C=O) groups excluding carboxylic acids is 1. The van der Waals surface area contributed by atoms with Gasteiger partial charge in [-0.25, -0.2) is 8.42 Å². The van der Waals surface area contributed by atoms with Gasteiger partial charge in [0.05, 0.1) is 6.54 Å². The second-order valence-corrected chi connectivity index (χ2v) is 8.96. The molecule has 146 valence electrons. The molecule has 4 rings (SSSR count). The molecular weight excluding hydrogens is 402 g/mol. The molecule has 0 bridgehead atoms. The molecule has 9 nitrogen and oxygen atoms in total. The van der Waals surface area contributed by atoms with Crippen LogP contribution in [0.25, 0.3) is 11.5 Å². The molecule has 11 heteroatoms. The lowest BCUT2D eigenvalue weighted by Gasteiger charge is -2.15. The number of amides is 1. The van der Waals surface area contributed by atoms with E-state index in [1.54, 1.807) is 29.8 Å². The first-order valence-corrected chi connectivity index (χ1v) is 11.0. The summed E-state index contributed by atoms with van der Waals surface area (Å²) in [5, 5.41) is 8.08. The van der Waals surface area contributed by atoms with Crippen molar-refractivity contribution in [3.8, 4) is 11.5 Å². The molecule has 28 heavy (non-hydrogen) atoms. The Kier molecular flexibility index (Phi) is 5.20. The van der Waals surface area contributed by atoms with Crippen LogP contribution < -0.4 is 5.32 Å². The molecule has 0 aromatic carbocycles. The highest BCUT2D eigenvalue weighted by Gasteiger charge is 2.31. The second kappa shape index (κ2) is 7.78. The molecule has 3 aromatic rings. The Hall–Kier alpha value is -2.63. The molecule has 0 saturated carbocycles. The first-order valence-electron chi connectivity index (χ1n) is 8.65. The van der Waals surface area contributed by atoms with E-state index in [1.807, 2.05) is 0 Å². The Morgan fingerprint density at radius 2 is 2.07 bits per heavy atom. The molecule has 1 aliphatic heterocycles. The van der Waals surface area contributed by atoms with Gasteiger partial charge in [-0.1, -0.05) is 11.2 Å². The largest absolute Gasteiger partial charge is 0.342 e. The van der Waals surface area contributed by atoms with Crippen LogP contribution in [0.4, 0.5) is 0 Å². The molecule has 3 aromatic heterocycles. The van der Waals surface area contributed by atoms with E-state index < -0.39 is 15.9 Å². The van der Waals surface area contributed by atoms with Gasteiger partial charge in [-0.15, -0.1) is 11.3 Å². The number of hydrogen-bond acceptors (Lipinski definition) is 8. The Morgan fingerprint density at radius 1 is 1.25 bits per heavy atom. The summed E-state index contributed by atoms with van der Waals surface area (Å²) in [5.74, 6) is 0.0261. The van der Waals surface area contributed by atoms with E-state index in [2.05, 4.69) is 20.4 Å². The lowest BCUT2D eigenvalue weighted by Crippen LogP contribution is -2.30. The number of aromatic nitrogens is 3. The summed E-state index contributed by atoms with van der Waals surface area (Å²) in [7, 11) is -3.66. The number of carbonyl (C=O) groups is 1. The number of thiophene rings is 1. The van der Waals surface area contributed by atoms with Gasteiger partial charge in [0, 0.05) is 19.3 Å². The highest BCUT2D eigenvalue weighted by Crippen LogP contribution is 2.27. The maximum Gasteiger partial charge on any atom is 0.263 e. The minimum atomic E-state index is -3.66. The summed E-state index contributed by atoms with van der Waals surface area (Å²) in [5.41, 5.74) is 0.557. The SMILES string of the molecule is O=C(NCc1nc(-c2ccccn2)no1)c1sccc1S(=O)(=O)N1CCCC1. The second-order valence-electron chi connectivity index (χ2n) is 6.13. The van der Waals surface area contributed by atoms with E-state index >= 15 is 0 Å². The van der Waals surface area contributed by atoms with E-state index in [-0.39, 0.29) is 22.2 Å². The normalized spacial score (nSPS) is 15.0. The molecule has 4 heterocycles. The van der Waals surface area contributed by atoms with Crippen molar-refractivity contribution in [2.24, 2.45) is 0 Å². The minimum Gasteiger partial charge on any atom is -0.342 e. The van der Waals surface area contributed by atoms with E-state index in [0.29, 0.717) is 24.6 Å². The van der Waals surface area contributed by atoms with Gasteiger partial charge < -0.3 is 9.84 Å². The van der Waals surface area contributed by atoms with Gasteiger partial charge in [0.1, 0.15) is 15.5 Å². The predicted molar refractivity (Wildman–Crippen MR) is 101 cm³/mol. The van der Waals surface area contributed by atoms with Crippen molar-refractivity contribution in [1.29, 1.82) is 0 Å². The summed E-state index contributed by atoms with van der Waals surface area (Å²) in [6.07, 6.45) is 3.29. The van der Waals surface area contributed by atoms with Crippen LogP contribution in [-0.4, -0.2) is 46.8 Å². The lowest BCUT2D eigenvalue weighted by atomic mass is 10.3. The molecule has 0 aliphatic carbocycles. The molecule has 1 fully saturated rings. The van der Waals surface area contributed by atoms with Crippen LogP contribution in [0.2, 0.25) is 0 Å². The molecule has 0 atom stereocenters. The molecule has 0 spiro atoms. The molecule has 1 saturated heterocycles. The topological polar surface area (TPSA) is 118 Å². The molecule has 1 amide bonds. The zero-order valence-electron chi connectivity index (χ0n) is 14.7. The average molecular weight is 419 g/mol. The Morgan fingerprint density at radius 3 is 2.82 bits per heavy atom. The van der Waals surface area contributed by atoms with E-state index in [1.165, 1.54) is 10.4 Å². The Labute approximate surface area is 165 Å². The maximum absolute atomic E-state index is 12.8. The summed E-state index contributed by atoms with van der Waals surface area (Å²) < 4.78 is 32.1. The third kappa shape index (κ3) is 3.68. The first kappa shape index (κ1) is 18.7. The third-order valence-corrected chi connectivity index (χ3v) is 7.26. The summed E-state index contributed by atoms with van der Waals surface area (Å²) >= 11 is 1.09. The van der Waals surface area contributed by atoms with E-state index in [9.17, 15) is 13.2 Å². The van der Waals surface area contributed by atoms with Crippen molar-refractivity contribution in [1.82, 2.24) is 24.7 Å². The fourth-order valence-corrected chi connectivity index (χ4v) is 5.73. The fourth-order valence-electron chi connectivity index (χ4n) is 2.90. The van der Waals surface area contributed by atoms with Crippen LogP contribution >= 0.6 is 11.3 Å². The van der Waals surface area contributed by atoms with Crippen LogP contribution in [0.15, 0.2) is 45.3 Å². The standard InChI is InChI=1S/C17H17N5O4S2/c23-17(15-13(6-10-27-15)28(24,25)22-8-3-4-9-22)19-11-14-20-16(21-26-14)12-5-1-2-7-18-12/h1-2,5-7,10H,3-4,8-9,11H2,(H,19,23). The molecule has 0 radical (unpaired) electrons. The van der Waals surface area contributed by atoms with E-state index in [0.717, 1.165) is 24.2 Å².